The molecule has 0 amide bonds. The molecule has 1 fully saturated rings. The molecule has 1 saturated heterocycles. The molecule has 114 valence electrons. The minimum absolute atomic E-state index is 0.221. The zero-order valence-electron chi connectivity index (χ0n) is 11.7. The van der Waals surface area contributed by atoms with Gasteiger partial charge in [0.25, 0.3) is 6.41 Å². The SMILES string of the molecule is CS(=O)CCC1N[C@@H](OCC2=CC(=C=O)CC=C2)OC1=O. The average molecular weight is 311 g/mol. The van der Waals surface area contributed by atoms with Gasteiger partial charge in [-0.3, -0.25) is 9.00 Å². The summed E-state index contributed by atoms with van der Waals surface area (Å²) in [5, 5.41) is 2.90. The molecule has 2 rings (SSSR count). The average Bonchev–Trinajstić information content (AvgIpc) is 2.83. The van der Waals surface area contributed by atoms with Crippen LogP contribution in [0.2, 0.25) is 0 Å². The molecule has 0 aromatic carbocycles. The van der Waals surface area contributed by atoms with Crippen molar-refractivity contribution in [3.05, 3.63) is 29.4 Å². The van der Waals surface area contributed by atoms with Crippen LogP contribution in [0.1, 0.15) is 12.8 Å². The van der Waals surface area contributed by atoms with E-state index >= 15 is 0 Å². The number of allylic oxidation sites excluding steroid dienone is 3. The summed E-state index contributed by atoms with van der Waals surface area (Å²) in [6, 6.07) is -0.486. The van der Waals surface area contributed by atoms with Gasteiger partial charge in [-0.1, -0.05) is 12.2 Å². The van der Waals surface area contributed by atoms with E-state index in [9.17, 15) is 13.8 Å². The van der Waals surface area contributed by atoms with Crippen molar-refractivity contribution < 1.29 is 23.3 Å². The maximum Gasteiger partial charge on any atom is 0.326 e. The number of esters is 1. The van der Waals surface area contributed by atoms with Crippen LogP contribution in [0.4, 0.5) is 0 Å². The normalized spacial score (nSPS) is 26.2. The zero-order valence-corrected chi connectivity index (χ0v) is 12.5. The Balaban J connectivity index is 1.81. The minimum atomic E-state index is -0.947. The van der Waals surface area contributed by atoms with Crippen molar-refractivity contribution in [1.82, 2.24) is 5.32 Å². The molecule has 0 saturated carbocycles. The second kappa shape index (κ2) is 7.47. The lowest BCUT2D eigenvalue weighted by molar-refractivity contribution is -0.163. The van der Waals surface area contributed by atoms with Gasteiger partial charge in [0.1, 0.15) is 12.0 Å². The first kappa shape index (κ1) is 15.9. The number of hydrogen-bond acceptors (Lipinski definition) is 6. The Morgan fingerprint density at radius 1 is 1.57 bits per heavy atom. The van der Waals surface area contributed by atoms with E-state index in [-0.39, 0.29) is 6.61 Å². The first-order valence-corrected chi connectivity index (χ1v) is 8.30. The van der Waals surface area contributed by atoms with E-state index in [0.717, 1.165) is 5.57 Å². The summed E-state index contributed by atoms with van der Waals surface area (Å²) in [5.41, 5.74) is 1.38. The third kappa shape index (κ3) is 4.75. The van der Waals surface area contributed by atoms with Crippen LogP contribution in [0.3, 0.4) is 0 Å². The molecule has 2 unspecified atom stereocenters. The number of carbonyl (C=O) groups excluding carboxylic acids is 2. The smallest absolute Gasteiger partial charge is 0.326 e. The van der Waals surface area contributed by atoms with Crippen molar-refractivity contribution in [2.45, 2.75) is 25.3 Å². The van der Waals surface area contributed by atoms with E-state index in [1.54, 1.807) is 12.3 Å². The van der Waals surface area contributed by atoms with Crippen LogP contribution < -0.4 is 5.32 Å². The van der Waals surface area contributed by atoms with Gasteiger partial charge in [-0.15, -0.1) is 0 Å². The van der Waals surface area contributed by atoms with Crippen molar-refractivity contribution in [3.8, 4) is 0 Å². The zero-order chi connectivity index (χ0) is 15.2. The second-order valence-corrected chi connectivity index (χ2v) is 6.37. The Hall–Kier alpha value is -1.53. The highest BCUT2D eigenvalue weighted by Gasteiger charge is 2.34. The largest absolute Gasteiger partial charge is 0.420 e. The maximum absolute atomic E-state index is 11.6. The first-order chi connectivity index (χ1) is 10.1. The third-order valence-corrected chi connectivity index (χ3v) is 3.91. The van der Waals surface area contributed by atoms with Gasteiger partial charge in [-0.2, -0.15) is 0 Å². The number of rotatable bonds is 6. The Bertz CT molecular complexity index is 548. The summed E-state index contributed by atoms with van der Waals surface area (Å²) >= 11 is 0. The molecular formula is C14H17NO5S. The van der Waals surface area contributed by atoms with Gasteiger partial charge in [0.05, 0.1) is 6.61 Å². The second-order valence-electron chi connectivity index (χ2n) is 4.82. The fourth-order valence-electron chi connectivity index (χ4n) is 2.02. The first-order valence-electron chi connectivity index (χ1n) is 6.58. The molecular weight excluding hydrogens is 294 g/mol. The molecule has 1 aliphatic heterocycles. The van der Waals surface area contributed by atoms with Crippen molar-refractivity contribution in [1.29, 1.82) is 0 Å². The Labute approximate surface area is 125 Å². The monoisotopic (exact) mass is 311 g/mol. The number of ether oxygens (including phenoxy) is 2. The van der Waals surface area contributed by atoms with Crippen LogP contribution in [0, 0.1) is 0 Å². The third-order valence-electron chi connectivity index (χ3n) is 3.10. The van der Waals surface area contributed by atoms with Gasteiger partial charge in [-0.05, 0) is 18.1 Å². The molecule has 0 spiro atoms. The molecule has 1 heterocycles. The summed E-state index contributed by atoms with van der Waals surface area (Å²) in [6.45, 7) is 0.221. The number of nitrogens with one attached hydrogen (secondary N) is 1. The van der Waals surface area contributed by atoms with Crippen LogP contribution in [0.15, 0.2) is 29.4 Å². The quantitative estimate of drug-likeness (QED) is 0.558. The summed E-state index contributed by atoms with van der Waals surface area (Å²) < 4.78 is 21.5. The van der Waals surface area contributed by atoms with E-state index in [1.807, 2.05) is 18.1 Å². The molecule has 2 aliphatic rings. The van der Waals surface area contributed by atoms with Crippen molar-refractivity contribution >= 4 is 22.7 Å². The van der Waals surface area contributed by atoms with Gasteiger partial charge in [0.2, 0.25) is 0 Å². The van der Waals surface area contributed by atoms with Gasteiger partial charge >= 0.3 is 5.97 Å². The molecule has 0 radical (unpaired) electrons. The lowest BCUT2D eigenvalue weighted by atomic mass is 10.0. The van der Waals surface area contributed by atoms with Crippen LogP contribution in [-0.2, 0) is 29.9 Å². The van der Waals surface area contributed by atoms with Crippen molar-refractivity contribution in [2.75, 3.05) is 18.6 Å². The highest BCUT2D eigenvalue weighted by Crippen LogP contribution is 2.16. The van der Waals surface area contributed by atoms with Crippen molar-refractivity contribution in [3.63, 3.8) is 0 Å². The summed E-state index contributed by atoms with van der Waals surface area (Å²) in [5.74, 6) is 1.89. The predicted molar refractivity (Wildman–Crippen MR) is 77.4 cm³/mol. The van der Waals surface area contributed by atoms with Crippen LogP contribution >= 0.6 is 0 Å². The number of cyclic esters (lactones) is 1. The molecule has 0 aromatic heterocycles. The lowest BCUT2D eigenvalue weighted by Crippen LogP contribution is -2.34. The number of hydrogen-bond donors (Lipinski definition) is 1. The fourth-order valence-corrected chi connectivity index (χ4v) is 2.59. The summed E-state index contributed by atoms with van der Waals surface area (Å²) in [4.78, 5) is 22.2. The lowest BCUT2D eigenvalue weighted by Gasteiger charge is -2.13. The highest BCUT2D eigenvalue weighted by atomic mass is 32.2. The molecule has 21 heavy (non-hydrogen) atoms. The van der Waals surface area contributed by atoms with Crippen LogP contribution in [0.5, 0.6) is 0 Å². The fraction of sp³-hybridized carbons (Fsp3) is 0.500. The number of carbonyl (C=O) groups is 1. The van der Waals surface area contributed by atoms with Crippen molar-refractivity contribution in [2.24, 2.45) is 0 Å². The Morgan fingerprint density at radius 2 is 2.38 bits per heavy atom. The van der Waals surface area contributed by atoms with E-state index in [4.69, 9.17) is 9.47 Å². The molecule has 7 heteroatoms. The van der Waals surface area contributed by atoms with Crippen LogP contribution in [0.25, 0.3) is 0 Å². The Kier molecular flexibility index (Phi) is 5.64. The van der Waals surface area contributed by atoms with Gasteiger partial charge in [0.15, 0.2) is 0 Å². The minimum Gasteiger partial charge on any atom is -0.420 e. The van der Waals surface area contributed by atoms with Gasteiger partial charge in [0, 0.05) is 34.8 Å². The van der Waals surface area contributed by atoms with Crippen LogP contribution in [-0.4, -0.2) is 47.2 Å². The molecule has 0 aromatic rings. The predicted octanol–water partition coefficient (Wildman–Crippen LogP) is 0.214. The van der Waals surface area contributed by atoms with E-state index in [1.165, 1.54) is 0 Å². The summed E-state index contributed by atoms with van der Waals surface area (Å²) in [7, 11) is -0.947. The molecule has 0 bridgehead atoms. The molecule has 1 N–H and O–H groups in total. The summed E-state index contributed by atoms with van der Waals surface area (Å²) in [6.07, 6.45) is 7.22. The maximum atomic E-state index is 11.6. The van der Waals surface area contributed by atoms with E-state index < -0.39 is 29.2 Å². The Morgan fingerprint density at radius 3 is 3.10 bits per heavy atom. The van der Waals surface area contributed by atoms with E-state index in [2.05, 4.69) is 5.32 Å². The molecule has 6 nitrogen and oxygen atoms in total. The van der Waals surface area contributed by atoms with Gasteiger partial charge < -0.3 is 9.47 Å². The highest BCUT2D eigenvalue weighted by molar-refractivity contribution is 7.84. The molecule has 1 aliphatic carbocycles. The van der Waals surface area contributed by atoms with E-state index in [0.29, 0.717) is 24.2 Å². The standard InChI is InChI=1S/C14H17NO5S/c1-21(18)6-5-12-13(17)20-14(15-12)19-9-11-4-2-3-10(7-11)8-16/h2,4,7,12,14-15H,3,5-6,9H2,1H3/t12?,14-,21?/m0/s1. The molecule has 3 atom stereocenters. The topological polar surface area (TPSA) is 81.7 Å². The van der Waals surface area contributed by atoms with Gasteiger partial charge in [-0.25, -0.2) is 10.1 Å².